The highest BCUT2D eigenvalue weighted by Gasteiger charge is 2.26. The number of benzene rings is 2. The zero-order valence-electron chi connectivity index (χ0n) is 16.8. The molecule has 0 radical (unpaired) electrons. The fourth-order valence-corrected chi connectivity index (χ4v) is 3.98. The van der Waals surface area contributed by atoms with E-state index in [4.69, 9.17) is 4.74 Å². The molecule has 4 aromatic rings. The Balaban J connectivity index is 1.48. The van der Waals surface area contributed by atoms with Crippen molar-refractivity contribution in [2.75, 3.05) is 11.4 Å². The van der Waals surface area contributed by atoms with Crippen molar-refractivity contribution < 1.29 is 14.3 Å². The van der Waals surface area contributed by atoms with Crippen LogP contribution in [0.5, 0.6) is 0 Å². The smallest absolute Gasteiger partial charge is 0.340 e. The number of aryl methyl sites for hydroxylation is 1. The standard InChI is InChI=1S/C22H19N5O4/c1-25-20(29)14-7-2-5-10-17(14)27-18(23-24-22(25)27)13-31-21(30)15-8-3-4-9-16(15)26-12-6-11-19(26)28/h2-5,7-10H,6,11-13H2,1H3. The summed E-state index contributed by atoms with van der Waals surface area (Å²) >= 11 is 0. The van der Waals surface area contributed by atoms with Gasteiger partial charge in [0.25, 0.3) is 5.56 Å². The average molecular weight is 417 g/mol. The Morgan fingerprint density at radius 1 is 1.06 bits per heavy atom. The van der Waals surface area contributed by atoms with Crippen molar-refractivity contribution >= 4 is 34.2 Å². The summed E-state index contributed by atoms with van der Waals surface area (Å²) in [6.07, 6.45) is 1.24. The number of anilines is 1. The highest BCUT2D eigenvalue weighted by Crippen LogP contribution is 2.26. The topological polar surface area (TPSA) is 98.8 Å². The summed E-state index contributed by atoms with van der Waals surface area (Å²) < 4.78 is 8.67. The molecular formula is C22H19N5O4. The van der Waals surface area contributed by atoms with Gasteiger partial charge in [-0.15, -0.1) is 10.2 Å². The van der Waals surface area contributed by atoms with Crippen LogP contribution in [-0.2, 0) is 23.2 Å². The lowest BCUT2D eigenvalue weighted by atomic mass is 10.1. The number of nitrogens with zero attached hydrogens (tertiary/aromatic N) is 5. The van der Waals surface area contributed by atoms with Crippen LogP contribution in [0.1, 0.15) is 29.0 Å². The van der Waals surface area contributed by atoms with Gasteiger partial charge in [-0.25, -0.2) is 4.79 Å². The van der Waals surface area contributed by atoms with Crippen molar-refractivity contribution in [1.82, 2.24) is 19.2 Å². The molecule has 0 atom stereocenters. The number of amides is 1. The summed E-state index contributed by atoms with van der Waals surface area (Å²) in [6.45, 7) is 0.447. The van der Waals surface area contributed by atoms with E-state index in [1.807, 2.05) is 6.07 Å². The molecule has 2 aromatic heterocycles. The molecule has 1 amide bonds. The molecule has 0 bridgehead atoms. The van der Waals surface area contributed by atoms with Crippen molar-refractivity contribution in [3.8, 4) is 0 Å². The first kappa shape index (κ1) is 19.0. The number of fused-ring (bicyclic) bond motifs is 3. The Morgan fingerprint density at radius 2 is 1.84 bits per heavy atom. The van der Waals surface area contributed by atoms with Crippen molar-refractivity contribution in [2.45, 2.75) is 19.4 Å². The van der Waals surface area contributed by atoms with Crippen LogP contribution >= 0.6 is 0 Å². The molecule has 2 aromatic carbocycles. The van der Waals surface area contributed by atoms with E-state index in [0.717, 1.165) is 6.42 Å². The molecule has 156 valence electrons. The number of rotatable bonds is 4. The third-order valence-corrected chi connectivity index (χ3v) is 5.51. The van der Waals surface area contributed by atoms with E-state index in [9.17, 15) is 14.4 Å². The molecule has 0 unspecified atom stereocenters. The van der Waals surface area contributed by atoms with Crippen molar-refractivity contribution in [2.24, 2.45) is 7.05 Å². The molecule has 0 spiro atoms. The maximum absolute atomic E-state index is 12.9. The van der Waals surface area contributed by atoms with E-state index in [0.29, 0.717) is 46.7 Å². The molecular weight excluding hydrogens is 398 g/mol. The molecule has 5 rings (SSSR count). The van der Waals surface area contributed by atoms with E-state index >= 15 is 0 Å². The molecule has 31 heavy (non-hydrogen) atoms. The lowest BCUT2D eigenvalue weighted by Crippen LogP contribution is -2.26. The molecule has 1 fully saturated rings. The minimum absolute atomic E-state index is 0.00362. The minimum Gasteiger partial charge on any atom is -0.454 e. The van der Waals surface area contributed by atoms with Crippen molar-refractivity contribution in [3.63, 3.8) is 0 Å². The van der Waals surface area contributed by atoms with E-state index in [-0.39, 0.29) is 18.1 Å². The summed E-state index contributed by atoms with van der Waals surface area (Å²) in [5, 5.41) is 8.75. The zero-order valence-corrected chi connectivity index (χ0v) is 16.8. The quantitative estimate of drug-likeness (QED) is 0.472. The van der Waals surface area contributed by atoms with Crippen LogP contribution in [0, 0.1) is 0 Å². The summed E-state index contributed by atoms with van der Waals surface area (Å²) in [6, 6.07) is 14.0. The third kappa shape index (κ3) is 3.05. The van der Waals surface area contributed by atoms with Crippen LogP contribution < -0.4 is 10.5 Å². The fraction of sp³-hybridized carbons (Fsp3) is 0.227. The van der Waals surface area contributed by atoms with Crippen LogP contribution in [-0.4, -0.2) is 37.6 Å². The highest BCUT2D eigenvalue weighted by atomic mass is 16.5. The van der Waals surface area contributed by atoms with Gasteiger partial charge in [0.05, 0.1) is 22.2 Å². The summed E-state index contributed by atoms with van der Waals surface area (Å²) in [5.41, 5.74) is 1.33. The van der Waals surface area contributed by atoms with E-state index in [2.05, 4.69) is 10.2 Å². The van der Waals surface area contributed by atoms with E-state index < -0.39 is 5.97 Å². The summed E-state index contributed by atoms with van der Waals surface area (Å²) in [7, 11) is 1.62. The average Bonchev–Trinajstić information content (AvgIpc) is 3.42. The van der Waals surface area contributed by atoms with Crippen molar-refractivity contribution in [3.05, 3.63) is 70.3 Å². The maximum Gasteiger partial charge on any atom is 0.340 e. The first-order valence-corrected chi connectivity index (χ1v) is 9.94. The molecule has 0 aliphatic carbocycles. The second kappa shape index (κ2) is 7.35. The first-order valence-electron chi connectivity index (χ1n) is 9.94. The number of hydrogen-bond acceptors (Lipinski definition) is 6. The van der Waals surface area contributed by atoms with Gasteiger partial charge in [0.1, 0.15) is 0 Å². The van der Waals surface area contributed by atoms with Gasteiger partial charge in [-0.2, -0.15) is 0 Å². The predicted octanol–water partition coefficient (Wildman–Crippen LogP) is 2.06. The largest absolute Gasteiger partial charge is 0.454 e. The zero-order chi connectivity index (χ0) is 21.5. The molecule has 1 aliphatic rings. The predicted molar refractivity (Wildman–Crippen MR) is 113 cm³/mol. The number of para-hydroxylation sites is 2. The second-order valence-corrected chi connectivity index (χ2v) is 7.38. The molecule has 3 heterocycles. The van der Waals surface area contributed by atoms with Gasteiger partial charge in [-0.1, -0.05) is 24.3 Å². The number of aromatic nitrogens is 4. The van der Waals surface area contributed by atoms with Gasteiger partial charge < -0.3 is 9.64 Å². The van der Waals surface area contributed by atoms with Gasteiger partial charge in [0, 0.05) is 20.0 Å². The summed E-state index contributed by atoms with van der Waals surface area (Å²) in [4.78, 5) is 39.2. The molecule has 1 aliphatic heterocycles. The van der Waals surface area contributed by atoms with Crippen LogP contribution in [0.4, 0.5) is 5.69 Å². The number of carbonyl (C=O) groups excluding carboxylic acids is 2. The number of ether oxygens (including phenoxy) is 1. The third-order valence-electron chi connectivity index (χ3n) is 5.51. The Morgan fingerprint density at radius 3 is 2.65 bits per heavy atom. The molecule has 9 heteroatoms. The number of hydrogen-bond donors (Lipinski definition) is 0. The van der Waals surface area contributed by atoms with E-state index in [1.165, 1.54) is 4.57 Å². The first-order chi connectivity index (χ1) is 15.1. The van der Waals surface area contributed by atoms with Crippen LogP contribution in [0.25, 0.3) is 16.7 Å². The van der Waals surface area contributed by atoms with Gasteiger partial charge in [0.2, 0.25) is 11.7 Å². The Kier molecular flexibility index (Phi) is 4.50. The molecule has 0 saturated carbocycles. The van der Waals surface area contributed by atoms with Crippen LogP contribution in [0.3, 0.4) is 0 Å². The lowest BCUT2D eigenvalue weighted by Gasteiger charge is -2.18. The van der Waals surface area contributed by atoms with Gasteiger partial charge in [0.15, 0.2) is 12.4 Å². The molecule has 1 saturated heterocycles. The van der Waals surface area contributed by atoms with Gasteiger partial charge in [-0.05, 0) is 30.7 Å². The normalized spacial score (nSPS) is 14.0. The summed E-state index contributed by atoms with van der Waals surface area (Å²) in [5.74, 6) is 0.194. The fourth-order valence-electron chi connectivity index (χ4n) is 3.98. The number of carbonyl (C=O) groups is 2. The van der Waals surface area contributed by atoms with Gasteiger partial charge >= 0.3 is 5.97 Å². The number of esters is 1. The van der Waals surface area contributed by atoms with Gasteiger partial charge in [-0.3, -0.25) is 18.6 Å². The minimum atomic E-state index is -0.554. The SMILES string of the molecule is Cn1c(=O)c2ccccc2n2c(COC(=O)c3ccccc3N3CCCC3=O)nnc12. The molecule has 0 N–H and O–H groups in total. The lowest BCUT2D eigenvalue weighted by molar-refractivity contribution is -0.117. The Bertz CT molecular complexity index is 1400. The van der Waals surface area contributed by atoms with Crippen LogP contribution in [0.2, 0.25) is 0 Å². The van der Waals surface area contributed by atoms with E-state index in [1.54, 1.807) is 58.8 Å². The van der Waals surface area contributed by atoms with Crippen molar-refractivity contribution in [1.29, 1.82) is 0 Å². The van der Waals surface area contributed by atoms with Crippen LogP contribution in [0.15, 0.2) is 53.3 Å². The monoisotopic (exact) mass is 417 g/mol. The molecule has 9 nitrogen and oxygen atoms in total. The second-order valence-electron chi connectivity index (χ2n) is 7.38. The highest BCUT2D eigenvalue weighted by molar-refractivity contribution is 6.03. The Hall–Kier alpha value is -4.01. The Labute approximate surface area is 176 Å². The maximum atomic E-state index is 12.9.